The lowest BCUT2D eigenvalue weighted by atomic mass is 9.95. The second-order valence-electron chi connectivity index (χ2n) is 6.18. The van der Waals surface area contributed by atoms with Gasteiger partial charge < -0.3 is 15.1 Å². The van der Waals surface area contributed by atoms with Gasteiger partial charge in [-0.05, 0) is 37.6 Å². The molecule has 1 aromatic heterocycles. The van der Waals surface area contributed by atoms with Gasteiger partial charge in [0.05, 0.1) is 29.0 Å². The van der Waals surface area contributed by atoms with Gasteiger partial charge in [0.15, 0.2) is 0 Å². The minimum Gasteiger partial charge on any atom is -0.481 e. The van der Waals surface area contributed by atoms with E-state index < -0.39 is 18.0 Å². The quantitative estimate of drug-likeness (QED) is 0.866. The van der Waals surface area contributed by atoms with Crippen LogP contribution in [0, 0.1) is 12.8 Å². The molecule has 1 aliphatic heterocycles. The molecule has 25 heavy (non-hydrogen) atoms. The van der Waals surface area contributed by atoms with E-state index in [1.54, 1.807) is 42.1 Å². The predicted octanol–water partition coefficient (Wildman–Crippen LogP) is 1.74. The van der Waals surface area contributed by atoms with Gasteiger partial charge in [-0.25, -0.2) is 4.68 Å². The van der Waals surface area contributed by atoms with E-state index in [1.165, 1.54) is 4.90 Å². The van der Waals surface area contributed by atoms with Crippen LogP contribution in [-0.4, -0.2) is 56.0 Å². The number of aliphatic hydroxyl groups excluding tert-OH is 1. The Morgan fingerprint density at radius 2 is 1.92 bits per heavy atom. The topological polar surface area (TPSA) is 95.7 Å². The van der Waals surface area contributed by atoms with E-state index in [0.717, 1.165) is 5.69 Å². The van der Waals surface area contributed by atoms with Crippen molar-refractivity contribution in [2.75, 3.05) is 13.1 Å². The van der Waals surface area contributed by atoms with Gasteiger partial charge in [0.25, 0.3) is 5.91 Å². The molecule has 132 valence electrons. The van der Waals surface area contributed by atoms with Crippen LogP contribution in [-0.2, 0) is 4.79 Å². The van der Waals surface area contributed by atoms with Gasteiger partial charge in [-0.15, -0.1) is 0 Å². The van der Waals surface area contributed by atoms with Gasteiger partial charge >= 0.3 is 5.97 Å². The summed E-state index contributed by atoms with van der Waals surface area (Å²) in [5, 5.41) is 24.0. The fraction of sp³-hybridized carbons (Fsp3) is 0.353. The molecule has 8 heteroatoms. The van der Waals surface area contributed by atoms with Crippen LogP contribution in [0.3, 0.4) is 0 Å². The van der Waals surface area contributed by atoms with Gasteiger partial charge in [0.1, 0.15) is 0 Å². The third-order valence-corrected chi connectivity index (χ3v) is 4.54. The van der Waals surface area contributed by atoms with Crippen LogP contribution >= 0.6 is 11.6 Å². The number of aryl methyl sites for hydroxylation is 1. The van der Waals surface area contributed by atoms with Crippen molar-refractivity contribution in [1.29, 1.82) is 0 Å². The average Bonchev–Trinajstić information content (AvgIpc) is 2.96. The summed E-state index contributed by atoms with van der Waals surface area (Å²) in [6, 6.07) is 7.03. The molecule has 1 aromatic carbocycles. The highest BCUT2D eigenvalue weighted by Gasteiger charge is 2.34. The Kier molecular flexibility index (Phi) is 4.78. The van der Waals surface area contributed by atoms with E-state index >= 15 is 0 Å². The maximum atomic E-state index is 12.8. The monoisotopic (exact) mass is 363 g/mol. The summed E-state index contributed by atoms with van der Waals surface area (Å²) in [5.41, 5.74) is 1.67. The van der Waals surface area contributed by atoms with Crippen LogP contribution in [0.25, 0.3) is 5.69 Å². The Hall–Kier alpha value is -2.38. The average molecular weight is 364 g/mol. The minimum absolute atomic E-state index is 0.0802. The summed E-state index contributed by atoms with van der Waals surface area (Å²) in [6.45, 7) is 1.92. The number of carboxylic acid groups (broad SMARTS) is 1. The number of rotatable bonds is 3. The van der Waals surface area contributed by atoms with Crippen molar-refractivity contribution in [2.45, 2.75) is 19.4 Å². The summed E-state index contributed by atoms with van der Waals surface area (Å²) >= 11 is 5.88. The fourth-order valence-corrected chi connectivity index (χ4v) is 3.11. The van der Waals surface area contributed by atoms with Crippen LogP contribution in [0.15, 0.2) is 30.5 Å². The number of β-amino-alcohol motifs (C(OH)–C–C–N with tert-alkyl or cyclic N) is 1. The number of piperidine rings is 1. The zero-order valence-electron chi connectivity index (χ0n) is 13.6. The fourth-order valence-electron chi connectivity index (χ4n) is 2.98. The number of carbonyl (C=O) groups excluding carboxylic acids is 1. The molecule has 1 fully saturated rings. The maximum Gasteiger partial charge on any atom is 0.308 e. The Bertz CT molecular complexity index is 803. The second kappa shape index (κ2) is 6.85. The van der Waals surface area contributed by atoms with Gasteiger partial charge in [0, 0.05) is 24.3 Å². The van der Waals surface area contributed by atoms with Crippen molar-refractivity contribution >= 4 is 23.5 Å². The number of carbonyl (C=O) groups is 2. The number of nitrogens with zero attached hydrogens (tertiary/aromatic N) is 3. The molecule has 2 atom stereocenters. The summed E-state index contributed by atoms with van der Waals surface area (Å²) in [6.07, 6.45) is 0.921. The standard InChI is InChI=1S/C17H18ClN3O4/c1-10-15(9-21(19-10)13-4-2-12(18)3-5-13)16(23)20-7-11(17(24)25)6-14(22)8-20/h2-5,9,11,14,22H,6-8H2,1H3,(H,24,25). The molecule has 2 heterocycles. The van der Waals surface area contributed by atoms with Crippen molar-refractivity contribution < 1.29 is 19.8 Å². The lowest BCUT2D eigenvalue weighted by Crippen LogP contribution is -2.48. The molecule has 0 aliphatic carbocycles. The van der Waals surface area contributed by atoms with Gasteiger partial charge in [-0.1, -0.05) is 11.6 Å². The molecule has 1 saturated heterocycles. The number of aromatic nitrogens is 2. The van der Waals surface area contributed by atoms with E-state index in [4.69, 9.17) is 11.6 Å². The Morgan fingerprint density at radius 1 is 1.24 bits per heavy atom. The van der Waals surface area contributed by atoms with Crippen molar-refractivity contribution in [3.63, 3.8) is 0 Å². The number of hydrogen-bond acceptors (Lipinski definition) is 4. The molecule has 2 aromatic rings. The summed E-state index contributed by atoms with van der Waals surface area (Å²) in [4.78, 5) is 25.4. The van der Waals surface area contributed by atoms with Crippen molar-refractivity contribution in [1.82, 2.24) is 14.7 Å². The number of benzene rings is 1. The molecule has 0 spiro atoms. The van der Waals surface area contributed by atoms with Crippen molar-refractivity contribution in [3.05, 3.63) is 46.7 Å². The first-order valence-corrected chi connectivity index (χ1v) is 8.25. The number of likely N-dealkylation sites (tertiary alicyclic amines) is 1. The Balaban J connectivity index is 1.85. The van der Waals surface area contributed by atoms with Crippen molar-refractivity contribution in [3.8, 4) is 5.69 Å². The largest absolute Gasteiger partial charge is 0.481 e. The van der Waals surface area contributed by atoms with E-state index in [-0.39, 0.29) is 25.4 Å². The van der Waals surface area contributed by atoms with Crippen LogP contribution in [0.2, 0.25) is 5.02 Å². The summed E-state index contributed by atoms with van der Waals surface area (Å²) < 4.78 is 1.58. The molecule has 3 rings (SSSR count). The van der Waals surface area contributed by atoms with E-state index in [1.807, 2.05) is 0 Å². The highest BCUT2D eigenvalue weighted by Crippen LogP contribution is 2.21. The number of aliphatic carboxylic acids is 1. The highest BCUT2D eigenvalue weighted by atomic mass is 35.5. The zero-order valence-corrected chi connectivity index (χ0v) is 14.3. The van der Waals surface area contributed by atoms with Crippen LogP contribution < -0.4 is 0 Å². The van der Waals surface area contributed by atoms with Gasteiger partial charge in [-0.3, -0.25) is 9.59 Å². The molecular weight excluding hydrogens is 346 g/mol. The highest BCUT2D eigenvalue weighted by molar-refractivity contribution is 6.30. The van der Waals surface area contributed by atoms with Crippen LogP contribution in [0.4, 0.5) is 0 Å². The maximum absolute atomic E-state index is 12.8. The summed E-state index contributed by atoms with van der Waals surface area (Å²) in [5.74, 6) is -2.10. The zero-order chi connectivity index (χ0) is 18.1. The SMILES string of the molecule is Cc1nn(-c2ccc(Cl)cc2)cc1C(=O)N1CC(O)CC(C(=O)O)C1. The Labute approximate surface area is 149 Å². The molecule has 0 bridgehead atoms. The van der Waals surface area contributed by atoms with E-state index in [2.05, 4.69) is 5.10 Å². The third-order valence-electron chi connectivity index (χ3n) is 4.29. The van der Waals surface area contributed by atoms with Gasteiger partial charge in [0.2, 0.25) is 0 Å². The molecule has 1 aliphatic rings. The molecule has 0 radical (unpaired) electrons. The molecule has 1 amide bonds. The van der Waals surface area contributed by atoms with E-state index in [9.17, 15) is 19.8 Å². The molecule has 0 saturated carbocycles. The first-order chi connectivity index (χ1) is 11.8. The predicted molar refractivity (Wildman–Crippen MR) is 91.0 cm³/mol. The van der Waals surface area contributed by atoms with E-state index in [0.29, 0.717) is 16.3 Å². The number of amides is 1. The summed E-state index contributed by atoms with van der Waals surface area (Å²) in [7, 11) is 0. The Morgan fingerprint density at radius 3 is 2.56 bits per heavy atom. The number of aliphatic hydroxyl groups is 1. The molecule has 2 unspecified atom stereocenters. The van der Waals surface area contributed by atoms with Crippen LogP contribution in [0.1, 0.15) is 22.5 Å². The minimum atomic E-state index is -1.01. The lowest BCUT2D eigenvalue weighted by Gasteiger charge is -2.33. The first kappa shape index (κ1) is 17.4. The molecule has 2 N–H and O–H groups in total. The lowest BCUT2D eigenvalue weighted by molar-refractivity contribution is -0.144. The first-order valence-electron chi connectivity index (χ1n) is 7.87. The normalized spacial score (nSPS) is 20.5. The second-order valence-corrected chi connectivity index (χ2v) is 6.62. The number of carboxylic acids is 1. The molecular formula is C17H18ClN3O4. The van der Waals surface area contributed by atoms with Crippen LogP contribution in [0.5, 0.6) is 0 Å². The smallest absolute Gasteiger partial charge is 0.308 e. The number of hydrogen-bond donors (Lipinski definition) is 2. The van der Waals surface area contributed by atoms with Gasteiger partial charge in [-0.2, -0.15) is 5.10 Å². The van der Waals surface area contributed by atoms with Crippen molar-refractivity contribution in [2.24, 2.45) is 5.92 Å². The molecule has 7 nitrogen and oxygen atoms in total. The third kappa shape index (κ3) is 3.67. The number of halogens is 1.